The molecule has 3 aromatic rings. The number of aromatic nitrogens is 2. The van der Waals surface area contributed by atoms with Crippen LogP contribution in [0.3, 0.4) is 0 Å². The molecule has 1 aliphatic rings. The molecule has 0 bridgehead atoms. The summed E-state index contributed by atoms with van der Waals surface area (Å²) in [7, 11) is -3.74. The van der Waals surface area contributed by atoms with E-state index in [4.69, 9.17) is 11.6 Å². The molecule has 2 heterocycles. The number of nitrogens with zero attached hydrogens (tertiary/aromatic N) is 3. The average Bonchev–Trinajstić information content (AvgIpc) is 3.09. The van der Waals surface area contributed by atoms with Gasteiger partial charge in [0.1, 0.15) is 18.2 Å². The average molecular weight is 530 g/mol. The molecule has 0 saturated carbocycles. The van der Waals surface area contributed by atoms with E-state index in [2.05, 4.69) is 25.3 Å². The maximum Gasteiger partial charge on any atom is 0.241 e. The number of likely N-dealkylation sites (tertiary alicyclic amines) is 1. The van der Waals surface area contributed by atoms with Gasteiger partial charge in [-0.2, -0.15) is 4.98 Å². The fourth-order valence-corrected chi connectivity index (χ4v) is 5.00. The van der Waals surface area contributed by atoms with E-state index in [1.54, 1.807) is 64.1 Å². The van der Waals surface area contributed by atoms with Gasteiger partial charge in [-0.15, -0.1) is 0 Å². The molecule has 0 spiro atoms. The minimum absolute atomic E-state index is 0.00484. The van der Waals surface area contributed by atoms with Crippen molar-refractivity contribution in [3.8, 4) is 5.75 Å². The van der Waals surface area contributed by atoms with E-state index in [0.29, 0.717) is 28.5 Å². The first-order chi connectivity index (χ1) is 19.5. The zero-order valence-electron chi connectivity index (χ0n) is 26.4. The molecule has 0 unspecified atom stereocenters. The lowest BCUT2D eigenvalue weighted by Crippen LogP contribution is -2.40. The molecule has 2 aromatic carbocycles. The van der Waals surface area contributed by atoms with Crippen LogP contribution >= 0.6 is 0 Å². The van der Waals surface area contributed by atoms with Gasteiger partial charge in [0, 0.05) is 40.7 Å². The molecule has 4 rings (SSSR count). The third kappa shape index (κ3) is 7.88. The summed E-state index contributed by atoms with van der Waals surface area (Å²) in [5.41, 5.74) is 0.955. The third-order valence-electron chi connectivity index (χ3n) is 5.17. The first kappa shape index (κ1) is 20.8. The number of nitrogens with one attached hydrogen (secondary N) is 3. The van der Waals surface area contributed by atoms with Crippen molar-refractivity contribution in [1.29, 1.82) is 0 Å². The first-order valence-corrected chi connectivity index (χ1v) is 13.5. The van der Waals surface area contributed by atoms with Crippen molar-refractivity contribution in [3.05, 3.63) is 60.3 Å². The summed E-state index contributed by atoms with van der Waals surface area (Å²) in [5, 5.41) is 6.16. The SMILES string of the molecule is [2H]c1nc(Nc2ccc(OCCN3C([2H])([2H])CCC3([2H])[2H])cc2)nc(Nc2cccc(S(=O)(=O)NC(C)(C)C)c2)c1C. The fraction of sp³-hybridized carbons (Fsp3) is 0.407. The van der Waals surface area contributed by atoms with Gasteiger partial charge in [0.05, 0.1) is 6.27 Å². The van der Waals surface area contributed by atoms with Crippen molar-refractivity contribution in [3.63, 3.8) is 0 Å². The fourth-order valence-electron chi connectivity index (χ4n) is 3.54. The van der Waals surface area contributed by atoms with Crippen LogP contribution in [0, 0.1) is 6.92 Å². The van der Waals surface area contributed by atoms with E-state index in [1.807, 2.05) is 0 Å². The zero-order chi connectivity index (χ0) is 30.9. The van der Waals surface area contributed by atoms with Crippen LogP contribution in [0.15, 0.2) is 59.6 Å². The van der Waals surface area contributed by atoms with Crippen molar-refractivity contribution >= 4 is 33.2 Å². The monoisotopic (exact) mass is 529 g/mol. The number of rotatable bonds is 10. The highest BCUT2D eigenvalue weighted by atomic mass is 32.2. The predicted molar refractivity (Wildman–Crippen MR) is 147 cm³/mol. The maximum atomic E-state index is 12.8. The molecule has 0 radical (unpaired) electrons. The summed E-state index contributed by atoms with van der Waals surface area (Å²) in [6, 6.07) is 13.2. The molecule has 9 nitrogen and oxygen atoms in total. The number of sulfonamides is 1. The van der Waals surface area contributed by atoms with E-state index in [0.717, 1.165) is 0 Å². The van der Waals surface area contributed by atoms with Gasteiger partial charge in [-0.1, -0.05) is 6.07 Å². The van der Waals surface area contributed by atoms with E-state index < -0.39 is 28.6 Å². The van der Waals surface area contributed by atoms with Crippen molar-refractivity contribution in [2.45, 2.75) is 51.0 Å². The van der Waals surface area contributed by atoms with Crippen LogP contribution in [0.2, 0.25) is 0 Å². The Labute approximate surface area is 226 Å². The number of anilines is 4. The van der Waals surface area contributed by atoms with Crippen LogP contribution in [0.1, 0.15) is 46.0 Å². The molecule has 0 aliphatic carbocycles. The first-order valence-electron chi connectivity index (χ1n) is 14.5. The van der Waals surface area contributed by atoms with Crippen molar-refractivity contribution in [2.75, 3.05) is 36.8 Å². The molecule has 37 heavy (non-hydrogen) atoms. The Hall–Kier alpha value is -3.21. The number of hydrogen-bond donors (Lipinski definition) is 3. The van der Waals surface area contributed by atoms with E-state index in [9.17, 15) is 8.42 Å². The molecule has 198 valence electrons. The summed E-state index contributed by atoms with van der Waals surface area (Å²) >= 11 is 0. The van der Waals surface area contributed by atoms with E-state index >= 15 is 0 Å². The smallest absolute Gasteiger partial charge is 0.241 e. The number of benzene rings is 2. The van der Waals surface area contributed by atoms with Crippen LogP contribution in [0.5, 0.6) is 5.75 Å². The standard InChI is InChI=1S/C27H36N6O3S/c1-20-19-28-26(30-21-10-12-23(13-11-21)36-17-16-33-14-5-6-15-33)31-25(20)29-22-8-7-9-24(18-22)37(34,35)32-27(2,3)4/h7-13,18-19,32H,5-6,14-17H2,1-4H3,(H2,28,29,30,31)/i14D2,15D2,19D. The lowest BCUT2D eigenvalue weighted by atomic mass is 10.1. The van der Waals surface area contributed by atoms with Gasteiger partial charge >= 0.3 is 0 Å². The van der Waals surface area contributed by atoms with Crippen LogP contribution in [-0.2, 0) is 10.0 Å². The Balaban J connectivity index is 1.42. The molecule has 3 N–H and O–H groups in total. The van der Waals surface area contributed by atoms with Crippen LogP contribution in [0.4, 0.5) is 23.1 Å². The highest BCUT2D eigenvalue weighted by Crippen LogP contribution is 2.24. The molecule has 10 heteroatoms. The Bertz CT molecular complexity index is 1520. The number of ether oxygens (including phenoxy) is 1. The molecule has 1 saturated heterocycles. The van der Waals surface area contributed by atoms with Gasteiger partial charge in [-0.25, -0.2) is 18.1 Å². The van der Waals surface area contributed by atoms with Gasteiger partial charge in [0.2, 0.25) is 16.0 Å². The molecule has 1 aromatic heterocycles. The van der Waals surface area contributed by atoms with Crippen LogP contribution in [0.25, 0.3) is 0 Å². The topological polar surface area (TPSA) is 108 Å². The molecule has 1 fully saturated rings. The normalized spacial score (nSPS) is 19.2. The summed E-state index contributed by atoms with van der Waals surface area (Å²) in [5.74, 6) is 1.04. The molecular weight excluding hydrogens is 488 g/mol. The highest BCUT2D eigenvalue weighted by molar-refractivity contribution is 7.89. The quantitative estimate of drug-likeness (QED) is 0.343. The van der Waals surface area contributed by atoms with Gasteiger partial charge in [-0.3, -0.25) is 4.90 Å². The van der Waals surface area contributed by atoms with E-state index in [-0.39, 0.29) is 43.0 Å². The summed E-state index contributed by atoms with van der Waals surface area (Å²) in [6.45, 7) is 3.82. The Morgan fingerprint density at radius 1 is 1.08 bits per heavy atom. The Morgan fingerprint density at radius 3 is 2.51 bits per heavy atom. The van der Waals surface area contributed by atoms with Crippen molar-refractivity contribution < 1.29 is 20.0 Å². The lowest BCUT2D eigenvalue weighted by Gasteiger charge is -2.20. The van der Waals surface area contributed by atoms with Crippen LogP contribution in [-0.4, -0.2) is 55.0 Å². The summed E-state index contributed by atoms with van der Waals surface area (Å²) < 4.78 is 74.3. The van der Waals surface area contributed by atoms with E-state index in [1.165, 1.54) is 17.0 Å². The number of hydrogen-bond acceptors (Lipinski definition) is 8. The van der Waals surface area contributed by atoms with Crippen molar-refractivity contribution in [2.24, 2.45) is 0 Å². The summed E-state index contributed by atoms with van der Waals surface area (Å²) in [6.07, 6.45) is 0.277. The highest BCUT2D eigenvalue weighted by Gasteiger charge is 2.22. The largest absolute Gasteiger partial charge is 0.492 e. The van der Waals surface area contributed by atoms with Crippen molar-refractivity contribution in [1.82, 2.24) is 19.6 Å². The van der Waals surface area contributed by atoms with Gasteiger partial charge in [0.15, 0.2) is 0 Å². The Morgan fingerprint density at radius 2 is 1.81 bits per heavy atom. The molecule has 1 aliphatic heterocycles. The third-order valence-corrected chi connectivity index (χ3v) is 6.93. The predicted octanol–water partition coefficient (Wildman–Crippen LogP) is 4.82. The summed E-state index contributed by atoms with van der Waals surface area (Å²) in [4.78, 5) is 9.99. The minimum atomic E-state index is -3.74. The molecule has 0 amide bonds. The van der Waals surface area contributed by atoms with Gasteiger partial charge in [0.25, 0.3) is 0 Å². The second-order valence-electron chi connectivity index (χ2n) is 9.61. The second-order valence-corrected chi connectivity index (χ2v) is 11.3. The van der Waals surface area contributed by atoms with Crippen LogP contribution < -0.4 is 20.1 Å². The lowest BCUT2D eigenvalue weighted by molar-refractivity contribution is 0.238. The van der Waals surface area contributed by atoms with Gasteiger partial charge in [-0.05, 0) is 96.0 Å². The molecular formula is C27H36N6O3S. The van der Waals surface area contributed by atoms with Gasteiger partial charge < -0.3 is 15.4 Å². The zero-order valence-corrected chi connectivity index (χ0v) is 22.2. The minimum Gasteiger partial charge on any atom is -0.492 e. The molecule has 0 atom stereocenters. The maximum absolute atomic E-state index is 12.8. The Kier molecular flexibility index (Phi) is 6.44. The second kappa shape index (κ2) is 11.5.